The van der Waals surface area contributed by atoms with Gasteiger partial charge in [0.2, 0.25) is 5.91 Å². The van der Waals surface area contributed by atoms with Crippen LogP contribution in [0.4, 0.5) is 11.4 Å². The lowest BCUT2D eigenvalue weighted by Gasteiger charge is -2.24. The van der Waals surface area contributed by atoms with E-state index >= 15 is 0 Å². The van der Waals surface area contributed by atoms with Crippen LogP contribution in [0.15, 0.2) is 78.5 Å². The Labute approximate surface area is 202 Å². The molecule has 178 valence electrons. The monoisotopic (exact) mass is 471 g/mol. The summed E-state index contributed by atoms with van der Waals surface area (Å²) in [6.45, 7) is 5.17. The normalized spacial score (nSPS) is 17.0. The van der Waals surface area contributed by atoms with Crippen molar-refractivity contribution in [3.8, 4) is 5.75 Å². The highest BCUT2D eigenvalue weighted by Crippen LogP contribution is 2.41. The highest BCUT2D eigenvalue weighted by molar-refractivity contribution is 6.51. The topological polar surface area (TPSA) is 109 Å². The van der Waals surface area contributed by atoms with E-state index in [2.05, 4.69) is 10.3 Å². The number of carbonyl (C=O) groups excluding carboxylic acids is 3. The van der Waals surface area contributed by atoms with E-state index in [9.17, 15) is 19.5 Å². The van der Waals surface area contributed by atoms with Crippen LogP contribution in [0.3, 0.4) is 0 Å². The summed E-state index contributed by atoms with van der Waals surface area (Å²) in [6.07, 6.45) is 1.49. The zero-order valence-electron chi connectivity index (χ0n) is 19.6. The van der Waals surface area contributed by atoms with E-state index in [1.54, 1.807) is 72.9 Å². The van der Waals surface area contributed by atoms with Crippen molar-refractivity contribution in [2.45, 2.75) is 32.9 Å². The van der Waals surface area contributed by atoms with Crippen LogP contribution < -0.4 is 15.0 Å². The number of aliphatic hydroxyl groups is 1. The van der Waals surface area contributed by atoms with E-state index in [0.717, 1.165) is 0 Å². The maximum absolute atomic E-state index is 13.2. The third kappa shape index (κ3) is 4.91. The number of nitrogens with zero attached hydrogens (tertiary/aromatic N) is 2. The number of ether oxygens (including phenoxy) is 1. The second-order valence-electron chi connectivity index (χ2n) is 8.35. The summed E-state index contributed by atoms with van der Waals surface area (Å²) in [5.74, 6) is -1.62. The molecule has 4 rings (SSSR count). The number of anilines is 2. The van der Waals surface area contributed by atoms with Crippen molar-refractivity contribution in [3.05, 3.63) is 89.8 Å². The van der Waals surface area contributed by atoms with Gasteiger partial charge in [0.1, 0.15) is 17.6 Å². The summed E-state index contributed by atoms with van der Waals surface area (Å²) in [7, 11) is 0. The van der Waals surface area contributed by atoms with Crippen molar-refractivity contribution in [2.24, 2.45) is 0 Å². The molecule has 1 aliphatic heterocycles. The minimum absolute atomic E-state index is 0.0682. The number of ketones is 1. The molecule has 35 heavy (non-hydrogen) atoms. The molecule has 1 saturated heterocycles. The Morgan fingerprint density at radius 2 is 1.80 bits per heavy atom. The minimum Gasteiger partial charge on any atom is -0.507 e. The summed E-state index contributed by atoms with van der Waals surface area (Å²) in [5.41, 5.74) is 1.68. The van der Waals surface area contributed by atoms with E-state index in [1.165, 1.54) is 11.8 Å². The molecule has 2 aromatic carbocycles. The highest BCUT2D eigenvalue weighted by Gasteiger charge is 2.47. The first kappa shape index (κ1) is 23.7. The van der Waals surface area contributed by atoms with E-state index in [0.29, 0.717) is 28.4 Å². The number of hydrogen-bond donors (Lipinski definition) is 2. The third-order valence-electron chi connectivity index (χ3n) is 5.36. The number of amides is 2. The molecule has 0 saturated carbocycles. The molecule has 1 aliphatic rings. The van der Waals surface area contributed by atoms with Crippen LogP contribution in [0, 0.1) is 0 Å². The van der Waals surface area contributed by atoms with Gasteiger partial charge in [0.05, 0.1) is 17.4 Å². The summed E-state index contributed by atoms with van der Waals surface area (Å²) in [5, 5.41) is 13.9. The fourth-order valence-electron chi connectivity index (χ4n) is 3.97. The molecule has 3 aromatic rings. The smallest absolute Gasteiger partial charge is 0.300 e. The second-order valence-corrected chi connectivity index (χ2v) is 8.35. The largest absolute Gasteiger partial charge is 0.507 e. The van der Waals surface area contributed by atoms with E-state index in [4.69, 9.17) is 4.74 Å². The Hall–Kier alpha value is -4.46. The van der Waals surface area contributed by atoms with Gasteiger partial charge >= 0.3 is 0 Å². The molecule has 8 nitrogen and oxygen atoms in total. The molecular formula is C27H25N3O5. The van der Waals surface area contributed by atoms with Crippen molar-refractivity contribution in [1.82, 2.24) is 4.98 Å². The van der Waals surface area contributed by atoms with Crippen molar-refractivity contribution < 1.29 is 24.2 Å². The van der Waals surface area contributed by atoms with Crippen LogP contribution >= 0.6 is 0 Å². The van der Waals surface area contributed by atoms with E-state index < -0.39 is 17.7 Å². The second kappa shape index (κ2) is 9.80. The van der Waals surface area contributed by atoms with Crippen LogP contribution in [0.5, 0.6) is 5.75 Å². The number of nitrogens with one attached hydrogen (secondary N) is 1. The van der Waals surface area contributed by atoms with Gasteiger partial charge in [-0.05, 0) is 62.4 Å². The molecule has 0 spiro atoms. The molecule has 1 atom stereocenters. The molecule has 2 N–H and O–H groups in total. The van der Waals surface area contributed by atoms with Crippen molar-refractivity contribution in [2.75, 3.05) is 10.2 Å². The van der Waals surface area contributed by atoms with Gasteiger partial charge in [-0.1, -0.05) is 18.2 Å². The van der Waals surface area contributed by atoms with E-state index in [1.807, 2.05) is 13.8 Å². The number of aromatic nitrogens is 1. The molecule has 1 aromatic heterocycles. The summed E-state index contributed by atoms with van der Waals surface area (Å²) >= 11 is 0. The third-order valence-corrected chi connectivity index (χ3v) is 5.36. The fourth-order valence-corrected chi connectivity index (χ4v) is 3.97. The van der Waals surface area contributed by atoms with Gasteiger partial charge < -0.3 is 15.2 Å². The summed E-state index contributed by atoms with van der Waals surface area (Å²) in [4.78, 5) is 43.5. The molecule has 8 heteroatoms. The molecule has 2 heterocycles. The SMILES string of the molecule is CC(=O)Nc1ccc(N2C(=O)C(=O)/C(=C(\O)c3cccc(OC(C)C)c3)C2c2ccccn2)cc1. The quantitative estimate of drug-likeness (QED) is 0.312. The Morgan fingerprint density at radius 1 is 1.06 bits per heavy atom. The van der Waals surface area contributed by atoms with Gasteiger partial charge in [0.25, 0.3) is 11.7 Å². The Balaban J connectivity index is 1.84. The number of benzene rings is 2. The van der Waals surface area contributed by atoms with Gasteiger partial charge in [-0.25, -0.2) is 0 Å². The maximum Gasteiger partial charge on any atom is 0.300 e. The molecular weight excluding hydrogens is 446 g/mol. The molecule has 1 unspecified atom stereocenters. The van der Waals surface area contributed by atoms with Crippen LogP contribution in [0.25, 0.3) is 5.76 Å². The number of carbonyl (C=O) groups is 3. The first-order valence-corrected chi connectivity index (χ1v) is 11.1. The van der Waals surface area contributed by atoms with Crippen molar-refractivity contribution in [3.63, 3.8) is 0 Å². The Kier molecular flexibility index (Phi) is 6.64. The lowest BCUT2D eigenvalue weighted by molar-refractivity contribution is -0.132. The highest BCUT2D eigenvalue weighted by atomic mass is 16.5. The number of hydrogen-bond acceptors (Lipinski definition) is 6. The first-order valence-electron chi connectivity index (χ1n) is 11.1. The van der Waals surface area contributed by atoms with Crippen molar-refractivity contribution >= 4 is 34.7 Å². The number of pyridine rings is 1. The predicted octanol–water partition coefficient (Wildman–Crippen LogP) is 4.45. The zero-order chi connectivity index (χ0) is 25.1. The van der Waals surface area contributed by atoms with Gasteiger partial charge in [-0.3, -0.25) is 24.3 Å². The first-order chi connectivity index (χ1) is 16.8. The standard InChI is InChI=1S/C27H25N3O5/c1-16(2)35-21-8-6-7-18(15-21)25(32)23-24(22-9-4-5-14-28-22)30(27(34)26(23)33)20-12-10-19(11-13-20)29-17(3)31/h4-16,24,32H,1-3H3,(H,29,31)/b25-23-. The fraction of sp³-hybridized carbons (Fsp3) is 0.185. The zero-order valence-corrected chi connectivity index (χ0v) is 19.6. The van der Waals surface area contributed by atoms with Gasteiger partial charge in [0, 0.05) is 30.1 Å². The van der Waals surface area contributed by atoms with Crippen LogP contribution in [0.2, 0.25) is 0 Å². The van der Waals surface area contributed by atoms with Crippen LogP contribution in [-0.2, 0) is 14.4 Å². The lowest BCUT2D eigenvalue weighted by Crippen LogP contribution is -2.29. The van der Waals surface area contributed by atoms with Crippen molar-refractivity contribution in [1.29, 1.82) is 0 Å². The van der Waals surface area contributed by atoms with Gasteiger partial charge in [-0.15, -0.1) is 0 Å². The predicted molar refractivity (Wildman–Crippen MR) is 132 cm³/mol. The summed E-state index contributed by atoms with van der Waals surface area (Å²) in [6, 6.07) is 17.5. The minimum atomic E-state index is -0.947. The Morgan fingerprint density at radius 3 is 2.43 bits per heavy atom. The lowest BCUT2D eigenvalue weighted by atomic mass is 9.98. The van der Waals surface area contributed by atoms with Gasteiger partial charge in [-0.2, -0.15) is 0 Å². The Bertz CT molecular complexity index is 1300. The maximum atomic E-state index is 13.2. The summed E-state index contributed by atoms with van der Waals surface area (Å²) < 4.78 is 5.72. The van der Waals surface area contributed by atoms with Gasteiger partial charge in [0.15, 0.2) is 0 Å². The van der Waals surface area contributed by atoms with E-state index in [-0.39, 0.29) is 23.3 Å². The molecule has 1 fully saturated rings. The number of rotatable bonds is 6. The molecule has 2 amide bonds. The van der Waals surface area contributed by atoms with Crippen LogP contribution in [0.1, 0.15) is 38.1 Å². The average Bonchev–Trinajstić information content (AvgIpc) is 3.09. The average molecular weight is 472 g/mol. The molecule has 0 bridgehead atoms. The molecule has 0 aliphatic carbocycles. The number of aliphatic hydroxyl groups excluding tert-OH is 1. The molecule has 0 radical (unpaired) electrons. The van der Waals surface area contributed by atoms with Crippen LogP contribution in [-0.4, -0.2) is 33.8 Å². The number of Topliss-reactive ketones (excluding diaryl/α,β-unsaturated/α-hetero) is 1.